The van der Waals surface area contributed by atoms with Gasteiger partial charge in [0.1, 0.15) is 5.82 Å². The van der Waals surface area contributed by atoms with Gasteiger partial charge in [-0.25, -0.2) is 0 Å². The number of thioether (sulfide) groups is 2. The maximum Gasteiger partial charge on any atom is 0.238 e. The van der Waals surface area contributed by atoms with Crippen molar-refractivity contribution in [3.05, 3.63) is 120 Å². The van der Waals surface area contributed by atoms with E-state index in [9.17, 15) is 4.79 Å². The van der Waals surface area contributed by atoms with Crippen LogP contribution in [-0.4, -0.2) is 37.7 Å². The number of rotatable bonds is 6. The second-order valence-electron chi connectivity index (χ2n) is 8.74. The summed E-state index contributed by atoms with van der Waals surface area (Å²) >= 11 is 9.38. The average molecular weight is 543 g/mol. The first-order valence-corrected chi connectivity index (χ1v) is 14.2. The predicted octanol–water partition coefficient (Wildman–Crippen LogP) is 6.61. The molecule has 0 radical (unpaired) electrons. The zero-order chi connectivity index (χ0) is 25.2. The third-order valence-corrected chi connectivity index (χ3v) is 8.80. The van der Waals surface area contributed by atoms with Crippen LogP contribution in [0.1, 0.15) is 11.4 Å². The lowest BCUT2D eigenvalue weighted by Gasteiger charge is -2.40. The van der Waals surface area contributed by atoms with Crippen molar-refractivity contribution in [2.45, 2.75) is 27.8 Å². The van der Waals surface area contributed by atoms with Crippen LogP contribution in [0.15, 0.2) is 113 Å². The summed E-state index contributed by atoms with van der Waals surface area (Å²) in [7, 11) is 0. The van der Waals surface area contributed by atoms with Crippen LogP contribution >= 0.6 is 35.1 Å². The lowest BCUT2D eigenvalue weighted by atomic mass is 10.0. The molecule has 0 unspecified atom stereocenters. The van der Waals surface area contributed by atoms with Crippen LogP contribution in [0.2, 0.25) is 5.02 Å². The molecule has 0 saturated heterocycles. The first-order chi connectivity index (χ1) is 18.2. The molecule has 5 nitrogen and oxygen atoms in total. The highest BCUT2D eigenvalue weighted by atomic mass is 35.5. The van der Waals surface area contributed by atoms with E-state index in [1.54, 1.807) is 11.8 Å². The Balaban J connectivity index is 1.29. The van der Waals surface area contributed by atoms with E-state index in [0.29, 0.717) is 16.6 Å². The second kappa shape index (κ2) is 10.6. The predicted molar refractivity (Wildman–Crippen MR) is 152 cm³/mol. The number of para-hydroxylation sites is 1. The molecule has 4 aromatic rings. The highest BCUT2D eigenvalue weighted by Gasteiger charge is 2.36. The van der Waals surface area contributed by atoms with Crippen LogP contribution in [0.5, 0.6) is 0 Å². The monoisotopic (exact) mass is 542 g/mol. The number of aromatic nitrogens is 3. The minimum absolute atomic E-state index is 0.0132. The molecule has 1 aromatic heterocycles. The molecule has 1 aliphatic carbocycles. The van der Waals surface area contributed by atoms with Crippen LogP contribution < -0.4 is 4.90 Å². The molecule has 2 atom stereocenters. The van der Waals surface area contributed by atoms with Gasteiger partial charge in [-0.15, -0.1) is 22.0 Å². The summed E-state index contributed by atoms with van der Waals surface area (Å²) in [6, 6.07) is 25.9. The summed E-state index contributed by atoms with van der Waals surface area (Å²) in [5, 5.41) is 10.5. The van der Waals surface area contributed by atoms with E-state index in [1.165, 1.54) is 11.8 Å². The van der Waals surface area contributed by atoms with Gasteiger partial charge in [-0.05, 0) is 42.0 Å². The molecular formula is C29H23ClN4OS2. The van der Waals surface area contributed by atoms with Gasteiger partial charge in [-0.1, -0.05) is 90.1 Å². The highest BCUT2D eigenvalue weighted by Crippen LogP contribution is 2.43. The fraction of sp³-hybridized carbons (Fsp3) is 0.138. The lowest BCUT2D eigenvalue weighted by molar-refractivity contribution is -0.116. The van der Waals surface area contributed by atoms with Crippen molar-refractivity contribution in [1.82, 2.24) is 14.8 Å². The molecule has 1 aliphatic heterocycles. The van der Waals surface area contributed by atoms with E-state index < -0.39 is 0 Å². The van der Waals surface area contributed by atoms with Gasteiger partial charge in [0.25, 0.3) is 0 Å². The molecule has 0 fully saturated rings. The number of carbonyl (C=O) groups is 1. The molecule has 184 valence electrons. The summed E-state index contributed by atoms with van der Waals surface area (Å²) < 4.78 is 2.02. The van der Waals surface area contributed by atoms with Gasteiger partial charge >= 0.3 is 0 Å². The number of hydrogen-bond acceptors (Lipinski definition) is 5. The second-order valence-corrected chi connectivity index (χ2v) is 11.3. The Morgan fingerprint density at radius 2 is 1.68 bits per heavy atom. The first-order valence-electron chi connectivity index (χ1n) is 12.0. The zero-order valence-electron chi connectivity index (χ0n) is 19.8. The molecule has 3 aromatic carbocycles. The van der Waals surface area contributed by atoms with Crippen LogP contribution in [0.4, 0.5) is 5.69 Å². The quantitative estimate of drug-likeness (QED) is 0.257. The average Bonchev–Trinajstić information content (AvgIpc) is 3.33. The first kappa shape index (κ1) is 24.1. The molecule has 37 heavy (non-hydrogen) atoms. The number of hydrogen-bond donors (Lipinski definition) is 0. The molecule has 0 bridgehead atoms. The van der Waals surface area contributed by atoms with E-state index in [0.717, 1.165) is 27.7 Å². The van der Waals surface area contributed by atoms with E-state index in [-0.39, 0.29) is 23.0 Å². The van der Waals surface area contributed by atoms with Crippen molar-refractivity contribution in [2.24, 2.45) is 0 Å². The van der Waals surface area contributed by atoms with Crippen molar-refractivity contribution in [2.75, 3.05) is 10.7 Å². The maximum atomic E-state index is 13.7. The van der Waals surface area contributed by atoms with Crippen molar-refractivity contribution in [3.63, 3.8) is 0 Å². The number of amides is 1. The van der Waals surface area contributed by atoms with E-state index in [4.69, 9.17) is 11.6 Å². The van der Waals surface area contributed by atoms with E-state index in [2.05, 4.69) is 46.6 Å². The Labute approximate surface area is 229 Å². The number of fused-ring (bicyclic) bond motifs is 2. The summed E-state index contributed by atoms with van der Waals surface area (Å²) in [5.41, 5.74) is 3.02. The Kier molecular flexibility index (Phi) is 6.91. The summed E-state index contributed by atoms with van der Waals surface area (Å²) in [5.74, 6) is 1.10. The topological polar surface area (TPSA) is 51.0 Å². The minimum Gasteiger partial charge on any atom is -0.302 e. The smallest absolute Gasteiger partial charge is 0.238 e. The number of nitrogens with zero attached hydrogens (tertiary/aromatic N) is 4. The lowest BCUT2D eigenvalue weighted by Crippen LogP contribution is -2.48. The molecule has 6 rings (SSSR count). The van der Waals surface area contributed by atoms with Crippen LogP contribution in [0.3, 0.4) is 0 Å². The number of halogens is 1. The van der Waals surface area contributed by atoms with Crippen molar-refractivity contribution in [1.29, 1.82) is 0 Å². The molecule has 0 spiro atoms. The third-order valence-electron chi connectivity index (χ3n) is 6.33. The standard InChI is InChI=1S/C29H23ClN4OS2/c30-21-14-16-22(17-15-21)33-27(18-20-8-2-1-3-9-20)31-32-29(33)36-19-28(35)34-23-10-4-6-12-25(23)37-26-13-7-5-11-24(26)34/h1-17,23,25H,18-19H2/t23-,25-/m0/s1. The van der Waals surface area contributed by atoms with Gasteiger partial charge in [0.15, 0.2) is 5.16 Å². The Hall–Kier alpha value is -3.26. The van der Waals surface area contributed by atoms with Crippen molar-refractivity contribution in [3.8, 4) is 5.69 Å². The molecule has 1 amide bonds. The number of allylic oxidation sites excluding steroid dienone is 2. The Morgan fingerprint density at radius 3 is 2.51 bits per heavy atom. The Bertz CT molecular complexity index is 1480. The summed E-state index contributed by atoms with van der Waals surface area (Å²) in [6.45, 7) is 0. The number of carbonyl (C=O) groups excluding carboxylic acids is 1. The zero-order valence-corrected chi connectivity index (χ0v) is 22.2. The normalized spacial score (nSPS) is 17.9. The summed E-state index contributed by atoms with van der Waals surface area (Å²) in [6.07, 6.45) is 9.00. The van der Waals surface area contributed by atoms with Crippen LogP contribution in [0.25, 0.3) is 5.69 Å². The number of anilines is 1. The third kappa shape index (κ3) is 4.99. The van der Waals surface area contributed by atoms with Gasteiger partial charge in [-0.3, -0.25) is 9.36 Å². The Morgan fingerprint density at radius 1 is 0.919 bits per heavy atom. The molecule has 8 heteroatoms. The van der Waals surface area contributed by atoms with E-state index in [1.807, 2.05) is 76.2 Å². The fourth-order valence-corrected chi connectivity index (χ4v) is 6.83. The molecule has 0 N–H and O–H groups in total. The van der Waals surface area contributed by atoms with Crippen LogP contribution in [0, 0.1) is 0 Å². The molecular weight excluding hydrogens is 520 g/mol. The minimum atomic E-state index is -0.0132. The van der Waals surface area contributed by atoms with Gasteiger partial charge in [0, 0.05) is 22.0 Å². The molecule has 2 aliphatic rings. The van der Waals surface area contributed by atoms with Gasteiger partial charge in [0.2, 0.25) is 5.91 Å². The van der Waals surface area contributed by atoms with E-state index >= 15 is 0 Å². The van der Waals surface area contributed by atoms with Crippen molar-refractivity contribution >= 4 is 46.7 Å². The highest BCUT2D eigenvalue weighted by molar-refractivity contribution is 8.00. The molecule has 2 heterocycles. The number of benzene rings is 3. The molecule has 0 saturated carbocycles. The summed E-state index contributed by atoms with van der Waals surface area (Å²) in [4.78, 5) is 16.8. The largest absolute Gasteiger partial charge is 0.302 e. The van der Waals surface area contributed by atoms with Gasteiger partial charge in [0.05, 0.1) is 22.7 Å². The van der Waals surface area contributed by atoms with Crippen molar-refractivity contribution < 1.29 is 4.79 Å². The van der Waals surface area contributed by atoms with Gasteiger partial charge < -0.3 is 4.90 Å². The SMILES string of the molecule is O=C(CSc1nnc(Cc2ccccc2)n1-c1ccc(Cl)cc1)N1c2ccccc2S[C@H]2C=CC=C[C@@H]21. The fourth-order valence-electron chi connectivity index (χ4n) is 4.61. The maximum absolute atomic E-state index is 13.7. The van der Waals surface area contributed by atoms with Crippen LogP contribution in [-0.2, 0) is 11.2 Å². The van der Waals surface area contributed by atoms with Gasteiger partial charge in [-0.2, -0.15) is 0 Å².